The number of phenolic OH excluding ortho intramolecular Hbond substituents is 1. The number of nitrogens with one attached hydrogen (secondary N) is 2. The minimum Gasteiger partial charge on any atom is -0.504 e. The van der Waals surface area contributed by atoms with E-state index in [0.717, 1.165) is 48.2 Å². The molecule has 34 heavy (non-hydrogen) atoms. The standard InChI is InChI=1S/C28H41N3O3/c1-15(2)31(16(3)4)27(33)25-18(6)20-13-21-19(7)29-12-11-28(21,14-22(20)30-25)24-17(5)9-10-23(34-8)26(24)32/h9-10,15-16,19,21,29-30,32H,11-14H2,1-8H3. The van der Waals surface area contributed by atoms with Crippen molar-refractivity contribution in [2.45, 2.75) is 91.3 Å². The van der Waals surface area contributed by atoms with Crippen LogP contribution >= 0.6 is 0 Å². The monoisotopic (exact) mass is 467 g/mol. The molecule has 4 rings (SSSR count). The highest BCUT2D eigenvalue weighted by atomic mass is 16.5. The second kappa shape index (κ2) is 8.95. The quantitative estimate of drug-likeness (QED) is 0.599. The van der Waals surface area contributed by atoms with Gasteiger partial charge in [0, 0.05) is 34.8 Å². The van der Waals surface area contributed by atoms with E-state index in [1.807, 2.05) is 11.0 Å². The number of hydrogen-bond donors (Lipinski definition) is 3. The number of piperidine rings is 1. The number of hydrogen-bond acceptors (Lipinski definition) is 4. The van der Waals surface area contributed by atoms with Crippen molar-refractivity contribution in [3.8, 4) is 11.5 Å². The van der Waals surface area contributed by atoms with Crippen LogP contribution in [-0.2, 0) is 18.3 Å². The summed E-state index contributed by atoms with van der Waals surface area (Å²) in [5.41, 5.74) is 6.06. The summed E-state index contributed by atoms with van der Waals surface area (Å²) in [5, 5.41) is 15.0. The molecule has 0 saturated carbocycles. The van der Waals surface area contributed by atoms with Crippen LogP contribution in [0.25, 0.3) is 0 Å². The second-order valence-electron chi connectivity index (χ2n) is 10.9. The molecule has 1 amide bonds. The highest BCUT2D eigenvalue weighted by Gasteiger charge is 2.51. The number of aromatic amines is 1. The number of carbonyl (C=O) groups excluding carboxylic acids is 1. The molecule has 3 N–H and O–H groups in total. The van der Waals surface area contributed by atoms with E-state index >= 15 is 0 Å². The largest absolute Gasteiger partial charge is 0.504 e. The number of nitrogens with zero attached hydrogens (tertiary/aromatic N) is 1. The van der Waals surface area contributed by atoms with Crippen LogP contribution in [0.4, 0.5) is 0 Å². The van der Waals surface area contributed by atoms with Crippen molar-refractivity contribution in [3.63, 3.8) is 0 Å². The lowest BCUT2D eigenvalue weighted by Gasteiger charge is -2.51. The first kappa shape index (κ1) is 24.6. The summed E-state index contributed by atoms with van der Waals surface area (Å²) in [5.74, 6) is 1.15. The number of H-pyrrole nitrogens is 1. The molecule has 1 aliphatic heterocycles. The number of fused-ring (bicyclic) bond motifs is 2. The fraction of sp³-hybridized carbons (Fsp3) is 0.607. The first-order chi connectivity index (χ1) is 16.0. The van der Waals surface area contributed by atoms with E-state index in [-0.39, 0.29) is 29.2 Å². The number of aryl methyl sites for hydroxylation is 1. The topological polar surface area (TPSA) is 77.6 Å². The minimum absolute atomic E-state index is 0.0699. The van der Waals surface area contributed by atoms with Crippen LogP contribution in [0.15, 0.2) is 12.1 Å². The molecule has 1 aromatic heterocycles. The highest BCUT2D eigenvalue weighted by molar-refractivity contribution is 5.95. The van der Waals surface area contributed by atoms with Gasteiger partial charge in [0.1, 0.15) is 5.69 Å². The molecule has 3 unspecified atom stereocenters. The predicted octanol–water partition coefficient (Wildman–Crippen LogP) is 4.64. The van der Waals surface area contributed by atoms with Gasteiger partial charge in [-0.25, -0.2) is 0 Å². The Morgan fingerprint density at radius 2 is 1.88 bits per heavy atom. The van der Waals surface area contributed by atoms with Gasteiger partial charge in [-0.05, 0) is 103 Å². The summed E-state index contributed by atoms with van der Waals surface area (Å²) in [7, 11) is 1.61. The van der Waals surface area contributed by atoms with Crippen LogP contribution in [0, 0.1) is 19.8 Å². The van der Waals surface area contributed by atoms with Crippen molar-refractivity contribution < 1.29 is 14.6 Å². The Balaban J connectivity index is 1.86. The first-order valence-electron chi connectivity index (χ1n) is 12.7. The van der Waals surface area contributed by atoms with E-state index in [1.54, 1.807) is 7.11 Å². The average Bonchev–Trinajstić information content (AvgIpc) is 3.07. The first-order valence-corrected chi connectivity index (χ1v) is 12.7. The number of phenols is 1. The highest BCUT2D eigenvalue weighted by Crippen LogP contribution is 2.53. The predicted molar refractivity (Wildman–Crippen MR) is 136 cm³/mol. The van der Waals surface area contributed by atoms with Crippen LogP contribution in [0.2, 0.25) is 0 Å². The molecule has 0 radical (unpaired) electrons. The van der Waals surface area contributed by atoms with Gasteiger partial charge in [-0.1, -0.05) is 6.07 Å². The van der Waals surface area contributed by atoms with Crippen LogP contribution < -0.4 is 10.1 Å². The lowest BCUT2D eigenvalue weighted by atomic mass is 9.56. The second-order valence-corrected chi connectivity index (χ2v) is 10.9. The number of aromatic hydroxyl groups is 1. The number of methoxy groups -OCH3 is 1. The van der Waals surface area contributed by atoms with Crippen molar-refractivity contribution in [2.75, 3.05) is 13.7 Å². The van der Waals surface area contributed by atoms with Crippen LogP contribution in [0.1, 0.15) is 79.5 Å². The molecule has 1 saturated heterocycles. The summed E-state index contributed by atoms with van der Waals surface area (Å²) in [6.45, 7) is 15.6. The Morgan fingerprint density at radius 1 is 1.21 bits per heavy atom. The molecule has 1 aromatic carbocycles. The van der Waals surface area contributed by atoms with Gasteiger partial charge in [-0.3, -0.25) is 4.79 Å². The SMILES string of the molecule is COc1ccc(C)c(C23CCNC(C)C2Cc2c([nH]c(C(=O)N(C(C)C)C(C)C)c2C)C3)c1O. The van der Waals surface area contributed by atoms with Gasteiger partial charge in [0.25, 0.3) is 5.91 Å². The number of ether oxygens (including phenoxy) is 1. The van der Waals surface area contributed by atoms with E-state index in [1.165, 1.54) is 5.56 Å². The van der Waals surface area contributed by atoms with Gasteiger partial charge in [0.05, 0.1) is 7.11 Å². The molecule has 1 aliphatic carbocycles. The molecule has 0 spiro atoms. The molecular formula is C28H41N3O3. The van der Waals surface area contributed by atoms with Crippen molar-refractivity contribution in [1.29, 1.82) is 0 Å². The Hall–Kier alpha value is -2.47. The summed E-state index contributed by atoms with van der Waals surface area (Å²) >= 11 is 0. The summed E-state index contributed by atoms with van der Waals surface area (Å²) < 4.78 is 5.51. The van der Waals surface area contributed by atoms with Crippen LogP contribution in [0.3, 0.4) is 0 Å². The number of carbonyl (C=O) groups is 1. The van der Waals surface area contributed by atoms with Crippen LogP contribution in [-0.4, -0.2) is 52.7 Å². The zero-order valence-electron chi connectivity index (χ0n) is 22.0. The smallest absolute Gasteiger partial charge is 0.271 e. The normalized spacial score (nSPS) is 24.2. The van der Waals surface area contributed by atoms with Crippen molar-refractivity contribution in [2.24, 2.45) is 5.92 Å². The molecule has 1 fully saturated rings. The van der Waals surface area contributed by atoms with E-state index in [4.69, 9.17) is 4.74 Å². The van der Waals surface area contributed by atoms with Crippen molar-refractivity contribution >= 4 is 5.91 Å². The van der Waals surface area contributed by atoms with Crippen LogP contribution in [0.5, 0.6) is 11.5 Å². The third-order valence-corrected chi connectivity index (χ3v) is 8.36. The minimum atomic E-state index is -0.228. The number of rotatable bonds is 5. The zero-order chi connectivity index (χ0) is 24.9. The molecular weight excluding hydrogens is 426 g/mol. The number of amides is 1. The Bertz CT molecular complexity index is 1080. The molecule has 6 heteroatoms. The Kier molecular flexibility index (Phi) is 6.49. The average molecular weight is 468 g/mol. The lowest BCUT2D eigenvalue weighted by Crippen LogP contribution is -2.57. The van der Waals surface area contributed by atoms with Crippen molar-refractivity contribution in [1.82, 2.24) is 15.2 Å². The molecule has 186 valence electrons. The maximum Gasteiger partial charge on any atom is 0.271 e. The van der Waals surface area contributed by atoms with Gasteiger partial charge in [-0.15, -0.1) is 0 Å². The third kappa shape index (κ3) is 3.71. The number of aromatic nitrogens is 1. The van der Waals surface area contributed by atoms with Gasteiger partial charge in [0.15, 0.2) is 11.5 Å². The molecule has 0 bridgehead atoms. The van der Waals surface area contributed by atoms with Gasteiger partial charge >= 0.3 is 0 Å². The van der Waals surface area contributed by atoms with E-state index in [2.05, 4.69) is 64.8 Å². The molecule has 2 heterocycles. The zero-order valence-corrected chi connectivity index (χ0v) is 22.0. The molecule has 3 atom stereocenters. The van der Waals surface area contributed by atoms with Crippen molar-refractivity contribution in [3.05, 3.63) is 45.8 Å². The number of benzene rings is 1. The van der Waals surface area contributed by atoms with Gasteiger partial charge < -0.3 is 25.0 Å². The molecule has 6 nitrogen and oxygen atoms in total. The Labute approximate surface area is 204 Å². The maximum atomic E-state index is 13.6. The van der Waals surface area contributed by atoms with E-state index < -0.39 is 0 Å². The molecule has 2 aliphatic rings. The van der Waals surface area contributed by atoms with Gasteiger partial charge in [-0.2, -0.15) is 0 Å². The van der Waals surface area contributed by atoms with E-state index in [0.29, 0.717) is 23.4 Å². The molecule has 2 aromatic rings. The lowest BCUT2D eigenvalue weighted by molar-refractivity contribution is 0.0637. The van der Waals surface area contributed by atoms with E-state index in [9.17, 15) is 9.90 Å². The van der Waals surface area contributed by atoms with Gasteiger partial charge in [0.2, 0.25) is 0 Å². The Morgan fingerprint density at radius 3 is 2.50 bits per heavy atom. The summed E-state index contributed by atoms with van der Waals surface area (Å²) in [4.78, 5) is 19.1. The third-order valence-electron chi connectivity index (χ3n) is 8.36. The maximum absolute atomic E-state index is 13.6. The summed E-state index contributed by atoms with van der Waals surface area (Å²) in [6.07, 6.45) is 2.57. The summed E-state index contributed by atoms with van der Waals surface area (Å²) in [6, 6.07) is 4.45. The fourth-order valence-corrected chi connectivity index (χ4v) is 6.85. The fourth-order valence-electron chi connectivity index (χ4n) is 6.85.